The van der Waals surface area contributed by atoms with E-state index in [0.29, 0.717) is 16.1 Å². The minimum Gasteiger partial charge on any atom is -0.439 e. The number of alkyl halides is 3. The Balaban J connectivity index is 1.70. The minimum atomic E-state index is -4.51. The lowest BCUT2D eigenvalue weighted by Crippen LogP contribution is -2.31. The molecule has 2 heterocycles. The number of methoxy groups -OCH3 is 1. The standard InChI is InChI=1S/C26H27F3N2O3S/c1-14-8-15(2)10-18(9-14)23-16(3)31(25(32)34-23)13-19-11-20(26(27,28)29)6-7-21(19)24-30-12-22(35-24)17(4)33-5/h6-12,16-17,23H,13H2,1-5H3/t16-,17?,23-/m0/s1. The quantitative estimate of drug-likeness (QED) is 0.355. The molecule has 186 valence electrons. The van der Waals surface area contributed by atoms with Gasteiger partial charge >= 0.3 is 12.3 Å². The molecule has 1 unspecified atom stereocenters. The number of aryl methyl sites for hydroxylation is 2. The summed E-state index contributed by atoms with van der Waals surface area (Å²) in [5.74, 6) is 0. The number of hydrogen-bond acceptors (Lipinski definition) is 5. The molecule has 0 saturated carbocycles. The summed E-state index contributed by atoms with van der Waals surface area (Å²) in [5, 5.41) is 0.568. The number of carbonyl (C=O) groups excluding carboxylic acids is 1. The SMILES string of the molecule is COC(C)c1cnc(-c2ccc(C(F)(F)F)cc2CN2C(=O)O[C@H](c3cc(C)cc(C)c3)[C@@H]2C)s1. The van der Waals surface area contributed by atoms with Crippen molar-refractivity contribution in [1.82, 2.24) is 9.88 Å². The Labute approximate surface area is 206 Å². The van der Waals surface area contributed by atoms with Gasteiger partial charge in [0.25, 0.3) is 0 Å². The molecule has 0 aliphatic carbocycles. The van der Waals surface area contributed by atoms with Gasteiger partial charge in [0.1, 0.15) is 11.1 Å². The van der Waals surface area contributed by atoms with Crippen LogP contribution in [0.3, 0.4) is 0 Å². The van der Waals surface area contributed by atoms with Crippen molar-refractivity contribution in [1.29, 1.82) is 0 Å². The van der Waals surface area contributed by atoms with Crippen molar-refractivity contribution < 1.29 is 27.4 Å². The first-order chi connectivity index (χ1) is 16.5. The predicted molar refractivity (Wildman–Crippen MR) is 128 cm³/mol. The normalized spacial score (nSPS) is 19.2. The van der Waals surface area contributed by atoms with Gasteiger partial charge in [0.15, 0.2) is 0 Å². The second kappa shape index (κ2) is 9.62. The van der Waals surface area contributed by atoms with Crippen LogP contribution in [0.1, 0.15) is 58.7 Å². The second-order valence-corrected chi connectivity index (χ2v) is 9.97. The second-order valence-electron chi connectivity index (χ2n) is 8.91. The van der Waals surface area contributed by atoms with E-state index in [9.17, 15) is 18.0 Å². The summed E-state index contributed by atoms with van der Waals surface area (Å²) in [4.78, 5) is 19.6. The molecule has 1 fully saturated rings. The molecule has 1 aromatic heterocycles. The van der Waals surface area contributed by atoms with Gasteiger partial charge in [-0.05, 0) is 51.0 Å². The first kappa shape index (κ1) is 25.2. The van der Waals surface area contributed by atoms with E-state index in [0.717, 1.165) is 33.7 Å². The number of benzene rings is 2. The Hall–Kier alpha value is -2.91. The zero-order chi connectivity index (χ0) is 25.5. The van der Waals surface area contributed by atoms with Crippen LogP contribution in [0.2, 0.25) is 0 Å². The first-order valence-electron chi connectivity index (χ1n) is 11.2. The molecule has 1 aliphatic heterocycles. The minimum absolute atomic E-state index is 0.0324. The maximum Gasteiger partial charge on any atom is 0.416 e. The van der Waals surface area contributed by atoms with Gasteiger partial charge in [0.05, 0.1) is 29.1 Å². The molecule has 4 rings (SSSR count). The molecule has 9 heteroatoms. The van der Waals surface area contributed by atoms with Crippen LogP contribution in [0.25, 0.3) is 10.6 Å². The van der Waals surface area contributed by atoms with E-state index in [1.54, 1.807) is 13.3 Å². The first-order valence-corrected chi connectivity index (χ1v) is 12.0. The topological polar surface area (TPSA) is 51.7 Å². The van der Waals surface area contributed by atoms with Crippen molar-refractivity contribution in [2.24, 2.45) is 0 Å². The van der Waals surface area contributed by atoms with Crippen LogP contribution >= 0.6 is 11.3 Å². The Morgan fingerprint density at radius 1 is 1.17 bits per heavy atom. The summed E-state index contributed by atoms with van der Waals surface area (Å²) in [7, 11) is 1.58. The summed E-state index contributed by atoms with van der Waals surface area (Å²) < 4.78 is 51.7. The third kappa shape index (κ3) is 5.21. The lowest BCUT2D eigenvalue weighted by atomic mass is 9.98. The van der Waals surface area contributed by atoms with Crippen molar-refractivity contribution >= 4 is 17.4 Å². The number of carbonyl (C=O) groups is 1. The molecule has 1 saturated heterocycles. The Morgan fingerprint density at radius 2 is 1.86 bits per heavy atom. The van der Waals surface area contributed by atoms with E-state index in [-0.39, 0.29) is 18.7 Å². The van der Waals surface area contributed by atoms with Gasteiger partial charge in [-0.15, -0.1) is 11.3 Å². The number of amides is 1. The number of rotatable bonds is 6. The molecule has 35 heavy (non-hydrogen) atoms. The molecular weight excluding hydrogens is 477 g/mol. The van der Waals surface area contributed by atoms with Crippen molar-refractivity contribution in [2.75, 3.05) is 7.11 Å². The van der Waals surface area contributed by atoms with Crippen LogP contribution in [-0.2, 0) is 22.2 Å². The molecular formula is C26H27F3N2O3S. The van der Waals surface area contributed by atoms with Crippen LogP contribution < -0.4 is 0 Å². The van der Waals surface area contributed by atoms with Crippen LogP contribution in [0.5, 0.6) is 0 Å². The van der Waals surface area contributed by atoms with Gasteiger partial charge in [-0.25, -0.2) is 9.78 Å². The largest absolute Gasteiger partial charge is 0.439 e. The fraction of sp³-hybridized carbons (Fsp3) is 0.385. The lowest BCUT2D eigenvalue weighted by Gasteiger charge is -2.23. The van der Waals surface area contributed by atoms with Crippen LogP contribution in [0.15, 0.2) is 42.6 Å². The average Bonchev–Trinajstić information content (AvgIpc) is 3.38. The van der Waals surface area contributed by atoms with Gasteiger partial charge in [-0.3, -0.25) is 4.90 Å². The monoisotopic (exact) mass is 504 g/mol. The number of hydrogen-bond donors (Lipinski definition) is 0. The fourth-order valence-electron chi connectivity index (χ4n) is 4.34. The van der Waals surface area contributed by atoms with Crippen molar-refractivity contribution in [3.05, 3.63) is 75.3 Å². The van der Waals surface area contributed by atoms with Crippen molar-refractivity contribution in [3.63, 3.8) is 0 Å². The fourth-order valence-corrected chi connectivity index (χ4v) is 5.35. The van der Waals surface area contributed by atoms with Crippen molar-refractivity contribution in [2.45, 2.75) is 58.7 Å². The van der Waals surface area contributed by atoms with Gasteiger partial charge in [-0.2, -0.15) is 13.2 Å². The van der Waals surface area contributed by atoms with Crippen LogP contribution in [0, 0.1) is 13.8 Å². The Morgan fingerprint density at radius 3 is 2.49 bits per heavy atom. The van der Waals surface area contributed by atoms with E-state index in [4.69, 9.17) is 9.47 Å². The molecule has 3 atom stereocenters. The third-order valence-electron chi connectivity index (χ3n) is 6.25. The molecule has 5 nitrogen and oxygen atoms in total. The Kier molecular flexibility index (Phi) is 6.92. The smallest absolute Gasteiger partial charge is 0.416 e. The van der Waals surface area contributed by atoms with Gasteiger partial charge in [0.2, 0.25) is 0 Å². The zero-order valence-electron chi connectivity index (χ0n) is 20.1. The number of halogens is 3. The summed E-state index contributed by atoms with van der Waals surface area (Å²) in [6, 6.07) is 9.16. The highest BCUT2D eigenvalue weighted by atomic mass is 32.1. The maximum absolute atomic E-state index is 13.5. The van der Waals surface area contributed by atoms with Gasteiger partial charge in [-0.1, -0.05) is 35.4 Å². The van der Waals surface area contributed by atoms with Crippen molar-refractivity contribution in [3.8, 4) is 10.6 Å². The summed E-state index contributed by atoms with van der Waals surface area (Å²) >= 11 is 1.35. The molecule has 3 aromatic rings. The molecule has 1 aliphatic rings. The average molecular weight is 505 g/mol. The summed E-state index contributed by atoms with van der Waals surface area (Å²) in [5.41, 5.74) is 3.10. The molecule has 0 spiro atoms. The van der Waals surface area contributed by atoms with E-state index >= 15 is 0 Å². The number of nitrogens with zero attached hydrogens (tertiary/aromatic N) is 2. The number of aromatic nitrogens is 1. The van der Waals surface area contributed by atoms with Gasteiger partial charge in [0, 0.05) is 18.9 Å². The molecule has 0 N–H and O–H groups in total. The Bertz CT molecular complexity index is 1220. The number of cyclic esters (lactones) is 1. The highest BCUT2D eigenvalue weighted by molar-refractivity contribution is 7.15. The summed E-state index contributed by atoms with van der Waals surface area (Å²) in [6.45, 7) is 7.63. The van der Waals surface area contributed by atoms with Gasteiger partial charge < -0.3 is 9.47 Å². The zero-order valence-corrected chi connectivity index (χ0v) is 21.0. The highest BCUT2D eigenvalue weighted by Crippen LogP contribution is 2.39. The molecule has 0 radical (unpaired) electrons. The van der Waals surface area contributed by atoms with E-state index in [1.807, 2.05) is 45.9 Å². The van der Waals surface area contributed by atoms with Crippen LogP contribution in [0.4, 0.5) is 18.0 Å². The van der Waals surface area contributed by atoms with E-state index < -0.39 is 23.9 Å². The lowest BCUT2D eigenvalue weighted by molar-refractivity contribution is -0.137. The third-order valence-corrected chi connectivity index (χ3v) is 7.44. The molecule has 2 aromatic carbocycles. The van der Waals surface area contributed by atoms with Crippen LogP contribution in [-0.4, -0.2) is 29.1 Å². The number of ether oxygens (including phenoxy) is 2. The molecule has 1 amide bonds. The summed E-state index contributed by atoms with van der Waals surface area (Å²) in [6.07, 6.45) is -4.10. The number of thiazole rings is 1. The molecule has 0 bridgehead atoms. The van der Waals surface area contributed by atoms with E-state index in [2.05, 4.69) is 4.98 Å². The highest BCUT2D eigenvalue weighted by Gasteiger charge is 2.40. The predicted octanol–water partition coefficient (Wildman–Crippen LogP) is 7.24. The van der Waals surface area contributed by atoms with E-state index in [1.165, 1.54) is 22.3 Å². The maximum atomic E-state index is 13.5.